The number of nitrogens with zero attached hydrogens (tertiary/aromatic N) is 2. The lowest BCUT2D eigenvalue weighted by molar-refractivity contribution is 1.18. The van der Waals surface area contributed by atoms with Crippen molar-refractivity contribution in [2.24, 2.45) is 0 Å². The largest absolute Gasteiger partial charge is 0.354 e. The maximum absolute atomic E-state index is 3.61. The molecule has 0 amide bonds. The Hall–Kier alpha value is -7.36. The molecule has 12 aromatic rings. The van der Waals surface area contributed by atoms with E-state index >= 15 is 0 Å². The van der Waals surface area contributed by atoms with Gasteiger partial charge in [0.1, 0.15) is 0 Å². The Morgan fingerprint density at radius 1 is 0.273 bits per heavy atom. The SMILES string of the molecule is c1ccc(-n2c3ccccc3c3ccc(-c4ccc5c(c4)c4ccccc4n5-c4ccc5cc(-c6ccc7c(c6)[nH]c6ccccc67)ccc5c4)cc32)cc1. The lowest BCUT2D eigenvalue weighted by atomic mass is 9.99. The average Bonchev–Trinajstić information content (AvgIpc) is 3.90. The number of para-hydroxylation sites is 4. The summed E-state index contributed by atoms with van der Waals surface area (Å²) in [7, 11) is 0. The van der Waals surface area contributed by atoms with Crippen LogP contribution in [-0.2, 0) is 0 Å². The van der Waals surface area contributed by atoms with Crippen LogP contribution < -0.4 is 0 Å². The zero-order valence-corrected chi connectivity index (χ0v) is 29.9. The molecular formula is C52H33N3. The molecule has 0 aliphatic rings. The van der Waals surface area contributed by atoms with Crippen LogP contribution in [0.3, 0.4) is 0 Å². The van der Waals surface area contributed by atoms with Crippen LogP contribution in [0.2, 0.25) is 0 Å². The van der Waals surface area contributed by atoms with Gasteiger partial charge < -0.3 is 14.1 Å². The molecule has 0 saturated carbocycles. The first-order valence-corrected chi connectivity index (χ1v) is 18.9. The van der Waals surface area contributed by atoms with Crippen LogP contribution >= 0.6 is 0 Å². The first-order chi connectivity index (χ1) is 27.2. The molecule has 0 fully saturated rings. The Morgan fingerprint density at radius 2 is 0.800 bits per heavy atom. The number of benzene rings is 9. The van der Waals surface area contributed by atoms with E-state index in [1.165, 1.54) is 104 Å². The van der Waals surface area contributed by atoms with E-state index in [4.69, 9.17) is 0 Å². The summed E-state index contributed by atoms with van der Waals surface area (Å²) in [6.45, 7) is 0. The van der Waals surface area contributed by atoms with Crippen molar-refractivity contribution in [1.82, 2.24) is 14.1 Å². The summed E-state index contributed by atoms with van der Waals surface area (Å²) in [6.07, 6.45) is 0. The number of H-pyrrole nitrogens is 1. The van der Waals surface area contributed by atoms with E-state index in [9.17, 15) is 0 Å². The van der Waals surface area contributed by atoms with Gasteiger partial charge in [0.05, 0.1) is 22.1 Å². The minimum absolute atomic E-state index is 1.16. The summed E-state index contributed by atoms with van der Waals surface area (Å²) in [6, 6.07) is 71.1. The van der Waals surface area contributed by atoms with Crippen molar-refractivity contribution in [3.8, 4) is 33.6 Å². The summed E-state index contributed by atoms with van der Waals surface area (Å²) < 4.78 is 4.81. The zero-order chi connectivity index (χ0) is 36.0. The topological polar surface area (TPSA) is 25.6 Å². The van der Waals surface area contributed by atoms with Gasteiger partial charge in [-0.2, -0.15) is 0 Å². The van der Waals surface area contributed by atoms with E-state index in [1.54, 1.807) is 0 Å². The van der Waals surface area contributed by atoms with E-state index in [1.807, 2.05) is 0 Å². The molecule has 0 aliphatic carbocycles. The number of aromatic nitrogens is 3. The number of hydrogen-bond acceptors (Lipinski definition) is 0. The van der Waals surface area contributed by atoms with Crippen LogP contribution in [0.25, 0.3) is 110 Å². The molecule has 0 aliphatic heterocycles. The third kappa shape index (κ3) is 4.57. The Kier molecular flexibility index (Phi) is 6.34. The molecule has 3 heteroatoms. The quantitative estimate of drug-likeness (QED) is 0.189. The highest BCUT2D eigenvalue weighted by Gasteiger charge is 2.16. The smallest absolute Gasteiger partial charge is 0.0547 e. The van der Waals surface area contributed by atoms with E-state index in [0.717, 1.165) is 5.69 Å². The standard InChI is InChI=1S/C52H33N3/c1-2-10-39(11-3-1)54-49-16-8-5-13-43(49)45-26-22-38(32-52(45)54)36-23-27-51-46(30-36)44-14-6-9-17-50(44)55(51)40-24-20-34-28-33(18-19-35(34)29-40)37-21-25-42-41-12-4-7-15-47(41)53-48(42)31-37/h1-32,53H. The maximum atomic E-state index is 3.61. The van der Waals surface area contributed by atoms with E-state index < -0.39 is 0 Å². The summed E-state index contributed by atoms with van der Waals surface area (Å²) in [5.41, 5.74) is 14.3. The Bertz CT molecular complexity index is 3490. The second-order valence-corrected chi connectivity index (χ2v) is 14.7. The van der Waals surface area contributed by atoms with Crippen molar-refractivity contribution in [3.05, 3.63) is 194 Å². The molecule has 12 rings (SSSR count). The van der Waals surface area contributed by atoms with Crippen LogP contribution in [0, 0.1) is 0 Å². The Balaban J connectivity index is 0.963. The highest BCUT2D eigenvalue weighted by Crippen LogP contribution is 2.39. The number of nitrogens with one attached hydrogen (secondary N) is 1. The molecule has 9 aromatic carbocycles. The fraction of sp³-hybridized carbons (Fsp3) is 0. The second-order valence-electron chi connectivity index (χ2n) is 14.7. The van der Waals surface area contributed by atoms with Crippen molar-refractivity contribution in [3.63, 3.8) is 0 Å². The molecule has 0 radical (unpaired) electrons. The molecule has 3 nitrogen and oxygen atoms in total. The molecule has 0 bridgehead atoms. The van der Waals surface area contributed by atoms with Crippen molar-refractivity contribution >= 4 is 76.2 Å². The molecule has 0 spiro atoms. The molecule has 0 saturated heterocycles. The predicted octanol–water partition coefficient (Wildman–Crippen LogP) is 14.0. The van der Waals surface area contributed by atoms with Gasteiger partial charge in [0, 0.05) is 54.7 Å². The van der Waals surface area contributed by atoms with Crippen LogP contribution in [-0.4, -0.2) is 14.1 Å². The maximum Gasteiger partial charge on any atom is 0.0547 e. The Morgan fingerprint density at radius 3 is 1.64 bits per heavy atom. The van der Waals surface area contributed by atoms with Crippen molar-refractivity contribution in [1.29, 1.82) is 0 Å². The van der Waals surface area contributed by atoms with Crippen LogP contribution in [0.5, 0.6) is 0 Å². The highest BCUT2D eigenvalue weighted by atomic mass is 15.0. The summed E-state index contributed by atoms with van der Waals surface area (Å²) >= 11 is 0. The third-order valence-corrected chi connectivity index (χ3v) is 11.6. The molecular weight excluding hydrogens is 667 g/mol. The fourth-order valence-corrected chi connectivity index (χ4v) is 9.02. The van der Waals surface area contributed by atoms with Gasteiger partial charge in [0.15, 0.2) is 0 Å². The number of fused-ring (bicyclic) bond motifs is 10. The first-order valence-electron chi connectivity index (χ1n) is 18.9. The van der Waals surface area contributed by atoms with Crippen LogP contribution in [0.1, 0.15) is 0 Å². The van der Waals surface area contributed by atoms with Gasteiger partial charge in [-0.15, -0.1) is 0 Å². The average molecular weight is 700 g/mol. The number of aromatic amines is 1. The van der Waals surface area contributed by atoms with Gasteiger partial charge >= 0.3 is 0 Å². The van der Waals surface area contributed by atoms with E-state index in [-0.39, 0.29) is 0 Å². The third-order valence-electron chi connectivity index (χ3n) is 11.6. The fourth-order valence-electron chi connectivity index (χ4n) is 9.02. The van der Waals surface area contributed by atoms with Gasteiger partial charge in [0.25, 0.3) is 0 Å². The molecule has 0 atom stereocenters. The first kappa shape index (κ1) is 30.1. The van der Waals surface area contributed by atoms with Gasteiger partial charge in [-0.25, -0.2) is 0 Å². The molecule has 3 aromatic heterocycles. The predicted molar refractivity (Wildman–Crippen MR) is 233 cm³/mol. The van der Waals surface area contributed by atoms with E-state index in [0.29, 0.717) is 0 Å². The molecule has 0 unspecified atom stereocenters. The minimum Gasteiger partial charge on any atom is -0.354 e. The minimum atomic E-state index is 1.16. The zero-order valence-electron chi connectivity index (χ0n) is 29.9. The van der Waals surface area contributed by atoms with Crippen molar-refractivity contribution in [2.75, 3.05) is 0 Å². The van der Waals surface area contributed by atoms with Gasteiger partial charge in [-0.1, -0.05) is 121 Å². The van der Waals surface area contributed by atoms with Crippen molar-refractivity contribution in [2.45, 2.75) is 0 Å². The van der Waals surface area contributed by atoms with Gasteiger partial charge in [0.2, 0.25) is 0 Å². The molecule has 3 heterocycles. The van der Waals surface area contributed by atoms with Crippen LogP contribution in [0.4, 0.5) is 0 Å². The summed E-state index contributed by atoms with van der Waals surface area (Å²) in [5.74, 6) is 0. The lowest BCUT2D eigenvalue weighted by Gasteiger charge is -2.11. The van der Waals surface area contributed by atoms with Crippen LogP contribution in [0.15, 0.2) is 194 Å². The summed E-state index contributed by atoms with van der Waals surface area (Å²) in [5, 5.41) is 10.0. The van der Waals surface area contributed by atoms with Crippen molar-refractivity contribution < 1.29 is 0 Å². The second kappa shape index (κ2) is 11.6. The highest BCUT2D eigenvalue weighted by molar-refractivity contribution is 6.13. The summed E-state index contributed by atoms with van der Waals surface area (Å²) in [4.78, 5) is 3.61. The molecule has 1 N–H and O–H groups in total. The lowest BCUT2D eigenvalue weighted by Crippen LogP contribution is -1.94. The Labute approximate surface area is 316 Å². The molecule has 256 valence electrons. The number of rotatable bonds is 4. The molecule has 55 heavy (non-hydrogen) atoms. The van der Waals surface area contributed by atoms with E-state index in [2.05, 4.69) is 208 Å². The van der Waals surface area contributed by atoms with Gasteiger partial charge in [-0.3, -0.25) is 0 Å². The monoisotopic (exact) mass is 699 g/mol. The van der Waals surface area contributed by atoms with Gasteiger partial charge in [-0.05, 0) is 106 Å². The number of hydrogen-bond donors (Lipinski definition) is 1. The normalized spacial score (nSPS) is 12.0.